The van der Waals surface area contributed by atoms with Crippen LogP contribution >= 0.6 is 23.1 Å². The van der Waals surface area contributed by atoms with E-state index in [0.29, 0.717) is 0 Å². The van der Waals surface area contributed by atoms with Crippen molar-refractivity contribution in [3.05, 3.63) is 63.6 Å². The number of nitrogens with zero attached hydrogens (tertiary/aromatic N) is 4. The van der Waals surface area contributed by atoms with Crippen LogP contribution < -0.4 is 0 Å². The first-order chi connectivity index (χ1) is 14.2. The lowest BCUT2D eigenvalue weighted by Crippen LogP contribution is -2.23. The molecule has 3 heterocycles. The van der Waals surface area contributed by atoms with Gasteiger partial charge in [0.05, 0.1) is 19.2 Å². The van der Waals surface area contributed by atoms with Gasteiger partial charge in [0.15, 0.2) is 5.16 Å². The minimum Gasteiger partial charge on any atom is -0.376 e. The molecule has 1 saturated heterocycles. The van der Waals surface area contributed by atoms with Crippen LogP contribution in [0.15, 0.2) is 46.9 Å². The van der Waals surface area contributed by atoms with E-state index in [9.17, 15) is 0 Å². The molecule has 4 rings (SSSR count). The molecule has 7 heteroatoms. The Labute approximate surface area is 181 Å². The predicted molar refractivity (Wildman–Crippen MR) is 119 cm³/mol. The summed E-state index contributed by atoms with van der Waals surface area (Å²) in [6.45, 7) is 5.58. The smallest absolute Gasteiger partial charge is 0.191 e. The maximum absolute atomic E-state index is 5.91. The molecule has 1 atom stereocenters. The van der Waals surface area contributed by atoms with Gasteiger partial charge in [-0.2, -0.15) is 0 Å². The lowest BCUT2D eigenvalue weighted by atomic mass is 10.1. The molecule has 5 nitrogen and oxygen atoms in total. The van der Waals surface area contributed by atoms with Gasteiger partial charge < -0.3 is 9.30 Å². The number of aromatic nitrogens is 3. The lowest BCUT2D eigenvalue weighted by molar-refractivity contribution is 0.0934. The Kier molecular flexibility index (Phi) is 7.02. The number of thioether (sulfide) groups is 1. The summed E-state index contributed by atoms with van der Waals surface area (Å²) in [6.07, 6.45) is 2.53. The van der Waals surface area contributed by atoms with E-state index in [1.807, 2.05) is 0 Å². The van der Waals surface area contributed by atoms with Gasteiger partial charge in [-0.1, -0.05) is 42.1 Å². The molecular weight excluding hydrogens is 400 g/mol. The summed E-state index contributed by atoms with van der Waals surface area (Å²) < 4.78 is 8.19. The summed E-state index contributed by atoms with van der Waals surface area (Å²) in [5.41, 5.74) is 2.67. The van der Waals surface area contributed by atoms with Crippen molar-refractivity contribution in [3.8, 4) is 0 Å². The second-order valence-corrected chi connectivity index (χ2v) is 9.59. The Balaban J connectivity index is 1.48. The van der Waals surface area contributed by atoms with Crippen LogP contribution in [0.25, 0.3) is 0 Å². The van der Waals surface area contributed by atoms with Gasteiger partial charge in [-0.25, -0.2) is 0 Å². The Hall–Kier alpha value is -1.67. The normalized spacial score (nSPS) is 16.7. The van der Waals surface area contributed by atoms with Crippen LogP contribution in [0.4, 0.5) is 0 Å². The van der Waals surface area contributed by atoms with Gasteiger partial charge in [0.25, 0.3) is 0 Å². The highest BCUT2D eigenvalue weighted by Gasteiger charge is 2.22. The Morgan fingerprint density at radius 1 is 1.21 bits per heavy atom. The summed E-state index contributed by atoms with van der Waals surface area (Å²) >= 11 is 3.56. The fourth-order valence-corrected chi connectivity index (χ4v) is 5.43. The molecule has 3 aromatic rings. The van der Waals surface area contributed by atoms with Crippen molar-refractivity contribution in [2.45, 2.75) is 56.4 Å². The third kappa shape index (κ3) is 5.48. The highest BCUT2D eigenvalue weighted by molar-refractivity contribution is 7.98. The third-order valence-electron chi connectivity index (χ3n) is 5.24. The summed E-state index contributed by atoms with van der Waals surface area (Å²) in [5, 5.41) is 12.2. The zero-order valence-electron chi connectivity index (χ0n) is 17.1. The number of benzene rings is 1. The van der Waals surface area contributed by atoms with Crippen LogP contribution in [-0.2, 0) is 30.1 Å². The number of hydrogen-bond acceptors (Lipinski definition) is 6. The summed E-state index contributed by atoms with van der Waals surface area (Å²) in [7, 11) is 2.14. The van der Waals surface area contributed by atoms with Gasteiger partial charge in [-0.15, -0.1) is 21.5 Å². The third-order valence-corrected chi connectivity index (χ3v) is 7.12. The van der Waals surface area contributed by atoms with Gasteiger partial charge in [-0.05, 0) is 49.4 Å². The molecule has 1 aromatic carbocycles. The van der Waals surface area contributed by atoms with E-state index in [1.54, 1.807) is 23.1 Å². The van der Waals surface area contributed by atoms with E-state index in [-0.39, 0.29) is 6.10 Å². The molecule has 0 N–H and O–H groups in total. The first kappa shape index (κ1) is 20.6. The summed E-state index contributed by atoms with van der Waals surface area (Å²) in [6, 6.07) is 12.8. The molecule has 0 bridgehead atoms. The maximum Gasteiger partial charge on any atom is 0.191 e. The number of rotatable bonds is 9. The molecule has 0 amide bonds. The summed E-state index contributed by atoms with van der Waals surface area (Å²) in [4.78, 5) is 3.67. The van der Waals surface area contributed by atoms with Crippen LogP contribution in [0.5, 0.6) is 0 Å². The van der Waals surface area contributed by atoms with E-state index >= 15 is 0 Å². The fourth-order valence-electron chi connectivity index (χ4n) is 3.60. The number of aryl methyl sites for hydroxylation is 1. The van der Waals surface area contributed by atoms with Crippen molar-refractivity contribution in [3.63, 3.8) is 0 Å². The van der Waals surface area contributed by atoms with E-state index in [2.05, 4.69) is 75.4 Å². The topological polar surface area (TPSA) is 43.2 Å². The van der Waals surface area contributed by atoms with Crippen LogP contribution in [-0.4, -0.2) is 39.4 Å². The minimum atomic E-state index is 0.269. The molecule has 29 heavy (non-hydrogen) atoms. The van der Waals surface area contributed by atoms with Crippen molar-refractivity contribution < 1.29 is 4.74 Å². The first-order valence-electron chi connectivity index (χ1n) is 10.1. The molecule has 2 aromatic heterocycles. The molecule has 0 saturated carbocycles. The monoisotopic (exact) mass is 428 g/mol. The molecule has 1 unspecified atom stereocenters. The zero-order chi connectivity index (χ0) is 20.1. The molecule has 154 valence electrons. The molecule has 0 radical (unpaired) electrons. The largest absolute Gasteiger partial charge is 0.376 e. The van der Waals surface area contributed by atoms with E-state index < -0.39 is 0 Å². The maximum atomic E-state index is 5.91. The molecule has 0 aliphatic carbocycles. The van der Waals surface area contributed by atoms with Crippen molar-refractivity contribution in [2.24, 2.45) is 0 Å². The van der Waals surface area contributed by atoms with Gasteiger partial charge in [0, 0.05) is 23.8 Å². The van der Waals surface area contributed by atoms with Gasteiger partial charge in [0.2, 0.25) is 0 Å². The number of thiophene rings is 1. The SMILES string of the molecule is Cc1ccccc1CSc1nnc(CN(C)Cc2cccs2)n1CC1CCCO1. The van der Waals surface area contributed by atoms with Crippen LogP contribution in [0.3, 0.4) is 0 Å². The van der Waals surface area contributed by atoms with Crippen molar-refractivity contribution in [1.82, 2.24) is 19.7 Å². The second kappa shape index (κ2) is 9.89. The highest BCUT2D eigenvalue weighted by Crippen LogP contribution is 2.26. The Morgan fingerprint density at radius 2 is 2.10 bits per heavy atom. The van der Waals surface area contributed by atoms with Crippen molar-refractivity contribution >= 4 is 23.1 Å². The molecule has 1 fully saturated rings. The molecule has 1 aliphatic rings. The van der Waals surface area contributed by atoms with Crippen LogP contribution in [0.1, 0.15) is 34.7 Å². The standard InChI is InChI=1S/C22H28N4OS2/c1-17-7-3-4-8-18(17)16-29-22-24-23-21(26(22)13-19-9-5-11-27-19)15-25(2)14-20-10-6-12-28-20/h3-4,6-8,10,12,19H,5,9,11,13-16H2,1-2H3. The van der Waals surface area contributed by atoms with Gasteiger partial charge in [-0.3, -0.25) is 4.90 Å². The average molecular weight is 429 g/mol. The Bertz CT molecular complexity index is 903. The van der Waals surface area contributed by atoms with E-state index in [1.165, 1.54) is 16.0 Å². The first-order valence-corrected chi connectivity index (χ1v) is 12.0. The Morgan fingerprint density at radius 3 is 2.86 bits per heavy atom. The van der Waals surface area contributed by atoms with Crippen molar-refractivity contribution in [1.29, 1.82) is 0 Å². The fraction of sp³-hybridized carbons (Fsp3) is 0.455. The lowest BCUT2D eigenvalue weighted by Gasteiger charge is -2.18. The molecule has 1 aliphatic heterocycles. The van der Waals surface area contributed by atoms with E-state index in [0.717, 1.165) is 55.8 Å². The average Bonchev–Trinajstić information content (AvgIpc) is 3.46. The van der Waals surface area contributed by atoms with Gasteiger partial charge >= 0.3 is 0 Å². The van der Waals surface area contributed by atoms with E-state index in [4.69, 9.17) is 4.74 Å². The highest BCUT2D eigenvalue weighted by atomic mass is 32.2. The second-order valence-electron chi connectivity index (χ2n) is 7.61. The van der Waals surface area contributed by atoms with Crippen LogP contribution in [0.2, 0.25) is 0 Å². The minimum absolute atomic E-state index is 0.269. The van der Waals surface area contributed by atoms with Gasteiger partial charge in [0.1, 0.15) is 5.82 Å². The quantitative estimate of drug-likeness (QED) is 0.460. The molecular formula is C22H28N4OS2. The van der Waals surface area contributed by atoms with Crippen molar-refractivity contribution in [2.75, 3.05) is 13.7 Å². The molecule has 0 spiro atoms. The predicted octanol–water partition coefficient (Wildman–Crippen LogP) is 4.75. The zero-order valence-corrected chi connectivity index (χ0v) is 18.7. The van der Waals surface area contributed by atoms with Crippen LogP contribution in [0, 0.1) is 6.92 Å². The summed E-state index contributed by atoms with van der Waals surface area (Å²) in [5.74, 6) is 1.92. The number of ether oxygens (including phenoxy) is 1. The number of hydrogen-bond donors (Lipinski definition) is 0.